The highest BCUT2D eigenvalue weighted by Gasteiger charge is 2.28. The maximum absolute atomic E-state index is 13.6. The number of anilines is 1. The number of urea groups is 1. The summed E-state index contributed by atoms with van der Waals surface area (Å²) >= 11 is 3.12. The molecule has 1 aromatic heterocycles. The van der Waals surface area contributed by atoms with Crippen LogP contribution in [0.4, 0.5) is 14.9 Å². The number of aryl methyl sites for hydroxylation is 1. The van der Waals surface area contributed by atoms with Crippen LogP contribution in [0.5, 0.6) is 0 Å². The Morgan fingerprint density at radius 1 is 1.23 bits per heavy atom. The Morgan fingerprint density at radius 3 is 2.81 bits per heavy atom. The fourth-order valence-corrected chi connectivity index (χ4v) is 4.15. The van der Waals surface area contributed by atoms with Crippen molar-refractivity contribution >= 4 is 27.6 Å². The van der Waals surface area contributed by atoms with E-state index < -0.39 is 0 Å². The van der Waals surface area contributed by atoms with Crippen molar-refractivity contribution in [3.8, 4) is 0 Å². The summed E-state index contributed by atoms with van der Waals surface area (Å²) in [6, 6.07) is 4.44. The van der Waals surface area contributed by atoms with E-state index in [4.69, 9.17) is 0 Å². The maximum atomic E-state index is 13.6. The maximum Gasteiger partial charge on any atom is 0.321 e. The number of halogens is 2. The van der Waals surface area contributed by atoms with E-state index in [0.717, 1.165) is 25.8 Å². The quantitative estimate of drug-likeness (QED) is 0.775. The van der Waals surface area contributed by atoms with Crippen molar-refractivity contribution in [1.82, 2.24) is 14.5 Å². The molecule has 1 aromatic carbocycles. The number of rotatable bonds is 2. The average molecular weight is 421 g/mol. The van der Waals surface area contributed by atoms with Gasteiger partial charge in [-0.25, -0.2) is 14.2 Å². The highest BCUT2D eigenvalue weighted by atomic mass is 79.9. The molecule has 4 rings (SSSR count). The topological polar surface area (TPSA) is 50.2 Å². The summed E-state index contributed by atoms with van der Waals surface area (Å²) in [4.78, 5) is 18.9. The number of hydrogen-bond donors (Lipinski definition) is 1. The molecule has 2 amide bonds. The van der Waals surface area contributed by atoms with Crippen molar-refractivity contribution in [3.05, 3.63) is 46.2 Å². The molecular formula is C19H22BrFN4O. The van der Waals surface area contributed by atoms with Crippen LogP contribution in [0.25, 0.3) is 0 Å². The molecule has 0 bridgehead atoms. The second-order valence-electron chi connectivity index (χ2n) is 7.04. The van der Waals surface area contributed by atoms with Gasteiger partial charge in [0.2, 0.25) is 0 Å². The third-order valence-corrected chi connectivity index (χ3v) is 6.00. The molecule has 26 heavy (non-hydrogen) atoms. The monoisotopic (exact) mass is 420 g/mol. The first-order chi connectivity index (χ1) is 12.6. The van der Waals surface area contributed by atoms with Crippen LogP contribution in [-0.2, 0) is 13.0 Å². The van der Waals surface area contributed by atoms with E-state index in [1.54, 1.807) is 17.0 Å². The molecule has 0 saturated carbocycles. The van der Waals surface area contributed by atoms with Crippen molar-refractivity contribution < 1.29 is 9.18 Å². The predicted octanol–water partition coefficient (Wildman–Crippen LogP) is 4.53. The number of nitrogens with zero attached hydrogens (tertiary/aromatic N) is 3. The lowest BCUT2D eigenvalue weighted by atomic mass is 9.95. The molecule has 2 aliphatic rings. The summed E-state index contributed by atoms with van der Waals surface area (Å²) in [7, 11) is 0. The van der Waals surface area contributed by atoms with Gasteiger partial charge in [0.1, 0.15) is 11.6 Å². The Morgan fingerprint density at radius 2 is 2.04 bits per heavy atom. The number of amides is 2. The van der Waals surface area contributed by atoms with E-state index in [0.29, 0.717) is 29.2 Å². The fourth-order valence-electron chi connectivity index (χ4n) is 3.90. The molecule has 138 valence electrons. The molecule has 0 aliphatic carbocycles. The van der Waals surface area contributed by atoms with E-state index in [9.17, 15) is 9.18 Å². The standard InChI is InChI=1S/C19H22BrFN4O/c20-16-5-4-14(11-17(16)21)23-19(26)24-9-6-13(7-10-24)18-22-12-15-3-1-2-8-25(15)18/h4-5,11-13H,1-3,6-10H2,(H,23,26). The molecule has 1 fully saturated rings. The largest absolute Gasteiger partial charge is 0.332 e. The molecule has 1 saturated heterocycles. The van der Waals surface area contributed by atoms with E-state index in [2.05, 4.69) is 30.8 Å². The highest BCUT2D eigenvalue weighted by Crippen LogP contribution is 2.30. The number of carbonyl (C=O) groups is 1. The molecule has 7 heteroatoms. The third-order valence-electron chi connectivity index (χ3n) is 5.35. The van der Waals surface area contributed by atoms with Gasteiger partial charge in [0.05, 0.1) is 4.47 Å². The Hall–Kier alpha value is -1.89. The highest BCUT2D eigenvalue weighted by molar-refractivity contribution is 9.10. The van der Waals surface area contributed by atoms with E-state index in [1.807, 2.05) is 6.20 Å². The number of piperidine rings is 1. The molecule has 0 radical (unpaired) electrons. The van der Waals surface area contributed by atoms with Gasteiger partial charge in [0.15, 0.2) is 0 Å². The molecule has 0 spiro atoms. The Balaban J connectivity index is 1.36. The number of benzene rings is 1. The van der Waals surface area contributed by atoms with Crippen LogP contribution < -0.4 is 5.32 Å². The molecule has 0 unspecified atom stereocenters. The molecule has 5 nitrogen and oxygen atoms in total. The summed E-state index contributed by atoms with van der Waals surface area (Å²) in [5.41, 5.74) is 1.82. The van der Waals surface area contributed by atoms with Crippen LogP contribution >= 0.6 is 15.9 Å². The van der Waals surface area contributed by atoms with Crippen molar-refractivity contribution in [1.29, 1.82) is 0 Å². The summed E-state index contributed by atoms with van der Waals surface area (Å²) in [6.07, 6.45) is 7.45. The first-order valence-electron chi connectivity index (χ1n) is 9.17. The smallest absolute Gasteiger partial charge is 0.321 e. The molecule has 3 heterocycles. The molecule has 1 N–H and O–H groups in total. The lowest BCUT2D eigenvalue weighted by Gasteiger charge is -2.32. The minimum Gasteiger partial charge on any atom is -0.332 e. The molecular weight excluding hydrogens is 399 g/mol. The Kier molecular flexibility index (Phi) is 4.98. The van der Waals surface area contributed by atoms with Gasteiger partial charge in [-0.05, 0) is 66.2 Å². The van der Waals surface area contributed by atoms with Gasteiger partial charge in [0.25, 0.3) is 0 Å². The SMILES string of the molecule is O=C(Nc1ccc(Br)c(F)c1)N1CCC(c2ncc3n2CCCC3)CC1. The van der Waals surface area contributed by atoms with Crippen LogP contribution in [0.15, 0.2) is 28.9 Å². The van der Waals surface area contributed by atoms with Crippen LogP contribution in [0.1, 0.15) is 43.1 Å². The Labute approximate surface area is 160 Å². The van der Waals surface area contributed by atoms with Crippen LogP contribution in [0, 0.1) is 5.82 Å². The number of nitrogens with one attached hydrogen (secondary N) is 1. The van der Waals surface area contributed by atoms with Crippen molar-refractivity contribution in [2.24, 2.45) is 0 Å². The molecule has 2 aliphatic heterocycles. The van der Waals surface area contributed by atoms with Crippen LogP contribution in [0.2, 0.25) is 0 Å². The second kappa shape index (κ2) is 7.39. The van der Waals surface area contributed by atoms with E-state index in [1.165, 1.54) is 30.4 Å². The first kappa shape index (κ1) is 17.5. The van der Waals surface area contributed by atoms with Gasteiger partial charge in [0, 0.05) is 43.1 Å². The van der Waals surface area contributed by atoms with Gasteiger partial charge in [-0.15, -0.1) is 0 Å². The number of carbonyl (C=O) groups excluding carboxylic acids is 1. The summed E-state index contributed by atoms with van der Waals surface area (Å²) in [5, 5.41) is 2.78. The minimum absolute atomic E-state index is 0.171. The minimum atomic E-state index is -0.384. The Bertz CT molecular complexity index is 814. The van der Waals surface area contributed by atoms with E-state index >= 15 is 0 Å². The lowest BCUT2D eigenvalue weighted by molar-refractivity contribution is 0.192. The average Bonchev–Trinajstić information content (AvgIpc) is 3.09. The summed E-state index contributed by atoms with van der Waals surface area (Å²) in [5.74, 6) is 1.22. The summed E-state index contributed by atoms with van der Waals surface area (Å²) in [6.45, 7) is 2.45. The predicted molar refractivity (Wildman–Crippen MR) is 102 cm³/mol. The van der Waals surface area contributed by atoms with Gasteiger partial charge < -0.3 is 14.8 Å². The number of aromatic nitrogens is 2. The number of hydrogen-bond acceptors (Lipinski definition) is 2. The molecule has 2 aromatic rings. The zero-order valence-electron chi connectivity index (χ0n) is 14.5. The van der Waals surface area contributed by atoms with Crippen molar-refractivity contribution in [3.63, 3.8) is 0 Å². The number of imidazole rings is 1. The van der Waals surface area contributed by atoms with Crippen LogP contribution in [0.3, 0.4) is 0 Å². The van der Waals surface area contributed by atoms with Gasteiger partial charge >= 0.3 is 6.03 Å². The summed E-state index contributed by atoms with van der Waals surface area (Å²) < 4.78 is 16.4. The normalized spacial score (nSPS) is 17.8. The van der Waals surface area contributed by atoms with Crippen molar-refractivity contribution in [2.45, 2.75) is 44.6 Å². The van der Waals surface area contributed by atoms with Gasteiger partial charge in [-0.1, -0.05) is 0 Å². The lowest BCUT2D eigenvalue weighted by Crippen LogP contribution is -2.41. The number of fused-ring (bicyclic) bond motifs is 1. The zero-order chi connectivity index (χ0) is 18.1. The van der Waals surface area contributed by atoms with Gasteiger partial charge in [-0.3, -0.25) is 0 Å². The fraction of sp³-hybridized carbons (Fsp3) is 0.474. The second-order valence-corrected chi connectivity index (χ2v) is 7.89. The zero-order valence-corrected chi connectivity index (χ0v) is 16.1. The van der Waals surface area contributed by atoms with Crippen molar-refractivity contribution in [2.75, 3.05) is 18.4 Å². The van der Waals surface area contributed by atoms with Crippen LogP contribution in [-0.4, -0.2) is 33.6 Å². The van der Waals surface area contributed by atoms with Gasteiger partial charge in [-0.2, -0.15) is 0 Å². The first-order valence-corrected chi connectivity index (χ1v) is 9.96. The molecule has 0 atom stereocenters. The number of likely N-dealkylation sites (tertiary alicyclic amines) is 1. The van der Waals surface area contributed by atoms with E-state index in [-0.39, 0.29) is 11.8 Å². The third kappa shape index (κ3) is 3.49.